The maximum atomic E-state index is 12.6. The molecule has 0 bridgehead atoms. The lowest BCUT2D eigenvalue weighted by molar-refractivity contribution is -0.145. The molecule has 1 N–H and O–H groups in total. The van der Waals surface area contributed by atoms with Gasteiger partial charge < -0.3 is 14.6 Å². The molecule has 0 aromatic heterocycles. The van der Waals surface area contributed by atoms with E-state index in [0.29, 0.717) is 19.3 Å². The molecule has 27 heavy (non-hydrogen) atoms. The van der Waals surface area contributed by atoms with Crippen molar-refractivity contribution in [2.75, 3.05) is 0 Å². The molecule has 1 aliphatic heterocycles. The van der Waals surface area contributed by atoms with E-state index in [1.165, 1.54) is 6.92 Å². The highest BCUT2D eigenvalue weighted by Gasteiger charge is 2.65. The van der Waals surface area contributed by atoms with Gasteiger partial charge in [0.25, 0.3) is 0 Å². The van der Waals surface area contributed by atoms with Crippen LogP contribution in [0, 0.1) is 17.3 Å². The SMILES string of the molecule is C=C(C)C(CCC(C)(O)C1CCC2(C)CC(=O)C3(C)OC3CC12)OC(C)=O. The van der Waals surface area contributed by atoms with Crippen LogP contribution in [-0.2, 0) is 19.1 Å². The molecule has 3 aliphatic rings. The van der Waals surface area contributed by atoms with Crippen LogP contribution in [0.15, 0.2) is 12.2 Å². The zero-order valence-electron chi connectivity index (χ0n) is 17.3. The monoisotopic (exact) mass is 378 g/mol. The van der Waals surface area contributed by atoms with Gasteiger partial charge in [-0.2, -0.15) is 0 Å². The normalized spacial score (nSPS) is 41.0. The summed E-state index contributed by atoms with van der Waals surface area (Å²) < 4.78 is 11.1. The molecule has 0 radical (unpaired) electrons. The summed E-state index contributed by atoms with van der Waals surface area (Å²) in [4.78, 5) is 24.0. The average Bonchev–Trinajstić information content (AvgIpc) is 3.10. The van der Waals surface area contributed by atoms with E-state index in [1.54, 1.807) is 0 Å². The van der Waals surface area contributed by atoms with E-state index in [1.807, 2.05) is 20.8 Å². The Balaban J connectivity index is 1.72. The molecule has 0 spiro atoms. The zero-order chi connectivity index (χ0) is 20.2. The summed E-state index contributed by atoms with van der Waals surface area (Å²) in [5, 5.41) is 11.4. The van der Waals surface area contributed by atoms with Gasteiger partial charge >= 0.3 is 5.97 Å². The van der Waals surface area contributed by atoms with Crippen LogP contribution in [0.1, 0.15) is 73.1 Å². The van der Waals surface area contributed by atoms with Gasteiger partial charge in [-0.1, -0.05) is 13.5 Å². The van der Waals surface area contributed by atoms with Crippen molar-refractivity contribution in [2.24, 2.45) is 17.3 Å². The first kappa shape index (κ1) is 20.5. The predicted octanol–water partition coefficient (Wildman–Crippen LogP) is 3.58. The number of hydrogen-bond donors (Lipinski definition) is 1. The van der Waals surface area contributed by atoms with Crippen molar-refractivity contribution >= 4 is 11.8 Å². The highest BCUT2D eigenvalue weighted by atomic mass is 16.6. The number of fused-ring (bicyclic) bond motifs is 2. The molecule has 1 saturated heterocycles. The third-order valence-corrected chi connectivity index (χ3v) is 7.51. The molecule has 7 unspecified atom stereocenters. The van der Waals surface area contributed by atoms with E-state index < -0.39 is 11.2 Å². The highest BCUT2D eigenvalue weighted by molar-refractivity contribution is 5.91. The van der Waals surface area contributed by atoms with E-state index in [-0.39, 0.29) is 41.2 Å². The molecule has 5 nitrogen and oxygen atoms in total. The number of carbonyl (C=O) groups is 2. The Morgan fingerprint density at radius 2 is 2.11 bits per heavy atom. The van der Waals surface area contributed by atoms with Crippen LogP contribution in [0.5, 0.6) is 0 Å². The lowest BCUT2D eigenvalue weighted by atomic mass is 9.68. The van der Waals surface area contributed by atoms with Gasteiger partial charge in [0.2, 0.25) is 0 Å². The molecule has 3 rings (SSSR count). The maximum Gasteiger partial charge on any atom is 0.303 e. The summed E-state index contributed by atoms with van der Waals surface area (Å²) in [6.07, 6.45) is 3.97. The van der Waals surface area contributed by atoms with Crippen LogP contribution in [0.2, 0.25) is 0 Å². The average molecular weight is 379 g/mol. The van der Waals surface area contributed by atoms with Crippen molar-refractivity contribution in [1.82, 2.24) is 0 Å². The molecule has 0 amide bonds. The van der Waals surface area contributed by atoms with E-state index >= 15 is 0 Å². The molecule has 1 heterocycles. The van der Waals surface area contributed by atoms with Gasteiger partial charge in [0.1, 0.15) is 11.7 Å². The molecule has 3 fully saturated rings. The fraction of sp³-hybridized carbons (Fsp3) is 0.818. The largest absolute Gasteiger partial charge is 0.458 e. The Labute approximate surface area is 162 Å². The van der Waals surface area contributed by atoms with Crippen LogP contribution >= 0.6 is 0 Å². The van der Waals surface area contributed by atoms with Crippen molar-refractivity contribution in [3.05, 3.63) is 12.2 Å². The number of aliphatic hydroxyl groups is 1. The van der Waals surface area contributed by atoms with Gasteiger partial charge in [0.05, 0.1) is 11.7 Å². The first-order chi connectivity index (χ1) is 12.4. The summed E-state index contributed by atoms with van der Waals surface area (Å²) >= 11 is 0. The van der Waals surface area contributed by atoms with Crippen molar-refractivity contribution in [1.29, 1.82) is 0 Å². The first-order valence-electron chi connectivity index (χ1n) is 10.2. The van der Waals surface area contributed by atoms with E-state index in [2.05, 4.69) is 13.5 Å². The summed E-state index contributed by atoms with van der Waals surface area (Å²) in [5.74, 6) is 0.270. The summed E-state index contributed by atoms with van der Waals surface area (Å²) in [5.41, 5.74) is -0.742. The first-order valence-corrected chi connectivity index (χ1v) is 10.2. The number of rotatable bonds is 6. The molecule has 0 aromatic rings. The second-order valence-electron chi connectivity index (χ2n) is 9.80. The topological polar surface area (TPSA) is 76.1 Å². The van der Waals surface area contributed by atoms with Crippen LogP contribution in [0.25, 0.3) is 0 Å². The Bertz CT molecular complexity index is 653. The highest BCUT2D eigenvalue weighted by Crippen LogP contribution is 2.61. The van der Waals surface area contributed by atoms with Gasteiger partial charge in [-0.05, 0) is 75.7 Å². The second kappa shape index (κ2) is 6.70. The quantitative estimate of drug-likeness (QED) is 0.434. The van der Waals surface area contributed by atoms with Crippen LogP contribution in [0.3, 0.4) is 0 Å². The third kappa shape index (κ3) is 3.73. The molecule has 5 heteroatoms. The zero-order valence-corrected chi connectivity index (χ0v) is 17.3. The third-order valence-electron chi connectivity index (χ3n) is 7.51. The maximum absolute atomic E-state index is 12.6. The van der Waals surface area contributed by atoms with Crippen molar-refractivity contribution < 1.29 is 24.2 Å². The van der Waals surface area contributed by atoms with E-state index in [4.69, 9.17) is 9.47 Å². The number of hydrogen-bond acceptors (Lipinski definition) is 5. The van der Waals surface area contributed by atoms with Crippen LogP contribution in [-0.4, -0.2) is 40.3 Å². The predicted molar refractivity (Wildman–Crippen MR) is 102 cm³/mol. The molecule has 2 saturated carbocycles. The minimum Gasteiger partial charge on any atom is -0.458 e. The second-order valence-corrected chi connectivity index (χ2v) is 9.80. The molecule has 0 aromatic carbocycles. The fourth-order valence-electron chi connectivity index (χ4n) is 5.54. The van der Waals surface area contributed by atoms with Gasteiger partial charge in [0.15, 0.2) is 5.78 Å². The molecular formula is C22H34O5. The Kier molecular flexibility index (Phi) is 5.09. The van der Waals surface area contributed by atoms with Crippen molar-refractivity contribution in [3.63, 3.8) is 0 Å². The minimum absolute atomic E-state index is 0.00237. The minimum atomic E-state index is -0.880. The number of esters is 1. The molecule has 152 valence electrons. The van der Waals surface area contributed by atoms with Gasteiger partial charge in [0, 0.05) is 13.3 Å². The summed E-state index contributed by atoms with van der Waals surface area (Å²) in [6.45, 7) is 13.2. The summed E-state index contributed by atoms with van der Waals surface area (Å²) in [6, 6.07) is 0. The Morgan fingerprint density at radius 1 is 1.44 bits per heavy atom. The molecule has 2 aliphatic carbocycles. The Hall–Kier alpha value is -1.20. The van der Waals surface area contributed by atoms with E-state index in [9.17, 15) is 14.7 Å². The van der Waals surface area contributed by atoms with Crippen molar-refractivity contribution in [3.8, 4) is 0 Å². The van der Waals surface area contributed by atoms with Gasteiger partial charge in [-0.25, -0.2) is 0 Å². The standard InChI is InChI=1S/C22H34O5/c1-13(2)17(26-14(3)23)8-10-21(5,25)15-7-9-20(4)12-18(24)22(6)19(27-22)11-16(15)20/h15-17,19,25H,1,7-12H2,2-6H3. The van der Waals surface area contributed by atoms with Gasteiger partial charge in [-0.15, -0.1) is 0 Å². The number of ketones is 1. The van der Waals surface area contributed by atoms with Crippen molar-refractivity contribution in [2.45, 2.75) is 96.6 Å². The van der Waals surface area contributed by atoms with Gasteiger partial charge in [-0.3, -0.25) is 9.59 Å². The molecular weight excluding hydrogens is 344 g/mol. The Morgan fingerprint density at radius 3 is 2.70 bits per heavy atom. The number of epoxide rings is 1. The van der Waals surface area contributed by atoms with Crippen LogP contribution < -0.4 is 0 Å². The number of Topliss-reactive ketones (excluding diaryl/α,β-unsaturated/α-hetero) is 1. The summed E-state index contributed by atoms with van der Waals surface area (Å²) in [7, 11) is 0. The number of carbonyl (C=O) groups excluding carboxylic acids is 2. The lowest BCUT2D eigenvalue weighted by Crippen LogP contribution is -2.41. The lowest BCUT2D eigenvalue weighted by Gasteiger charge is -2.39. The number of ether oxygens (including phenoxy) is 2. The smallest absolute Gasteiger partial charge is 0.303 e. The molecule has 7 atom stereocenters. The van der Waals surface area contributed by atoms with Crippen LogP contribution in [0.4, 0.5) is 0 Å². The van der Waals surface area contributed by atoms with E-state index in [0.717, 1.165) is 24.8 Å². The fourth-order valence-corrected chi connectivity index (χ4v) is 5.54.